The fourth-order valence-corrected chi connectivity index (χ4v) is 1.52. The van der Waals surface area contributed by atoms with Crippen LogP contribution in [0.2, 0.25) is 0 Å². The number of ether oxygens (including phenoxy) is 3. The van der Waals surface area contributed by atoms with Crippen LogP contribution >= 0.6 is 0 Å². The summed E-state index contributed by atoms with van der Waals surface area (Å²) in [6, 6.07) is 5.72. The Morgan fingerprint density at radius 2 is 1.83 bits per heavy atom. The highest BCUT2D eigenvalue weighted by Gasteiger charge is 2.08. The summed E-state index contributed by atoms with van der Waals surface area (Å²) >= 11 is 0. The van der Waals surface area contributed by atoms with Crippen LogP contribution in [-0.4, -0.2) is 26.4 Å². The standard InChI is InChI=1S/C14H23NO3/c1-10(2)17-7-8-18-13-6-5-12(11(3)15)9-14(13)16-4/h5-6,9-11H,7-8,15H2,1-4H3/t11-/m1/s1. The molecule has 1 rings (SSSR count). The number of hydrogen-bond acceptors (Lipinski definition) is 4. The number of rotatable bonds is 7. The molecule has 0 saturated heterocycles. The van der Waals surface area contributed by atoms with Crippen molar-refractivity contribution in [3.8, 4) is 11.5 Å². The van der Waals surface area contributed by atoms with Gasteiger partial charge in [0.2, 0.25) is 0 Å². The van der Waals surface area contributed by atoms with Gasteiger partial charge in [-0.3, -0.25) is 0 Å². The van der Waals surface area contributed by atoms with Crippen molar-refractivity contribution in [3.63, 3.8) is 0 Å². The molecular weight excluding hydrogens is 230 g/mol. The highest BCUT2D eigenvalue weighted by atomic mass is 16.5. The van der Waals surface area contributed by atoms with Gasteiger partial charge in [0.05, 0.1) is 19.8 Å². The second kappa shape index (κ2) is 7.24. The number of methoxy groups -OCH3 is 1. The molecule has 0 fully saturated rings. The van der Waals surface area contributed by atoms with Crippen molar-refractivity contribution in [2.24, 2.45) is 5.73 Å². The second-order valence-corrected chi connectivity index (χ2v) is 4.47. The molecule has 18 heavy (non-hydrogen) atoms. The molecule has 0 saturated carbocycles. The third kappa shape index (κ3) is 4.55. The van der Waals surface area contributed by atoms with Gasteiger partial charge in [-0.1, -0.05) is 6.07 Å². The summed E-state index contributed by atoms with van der Waals surface area (Å²) < 4.78 is 16.3. The molecule has 1 aromatic carbocycles. The van der Waals surface area contributed by atoms with Crippen molar-refractivity contribution in [2.75, 3.05) is 20.3 Å². The maximum atomic E-state index is 5.83. The summed E-state index contributed by atoms with van der Waals surface area (Å²) in [6.45, 7) is 7.00. The van der Waals surface area contributed by atoms with Crippen molar-refractivity contribution < 1.29 is 14.2 Å². The first-order valence-corrected chi connectivity index (χ1v) is 6.22. The first-order valence-electron chi connectivity index (χ1n) is 6.22. The van der Waals surface area contributed by atoms with Crippen LogP contribution in [0.25, 0.3) is 0 Å². The summed E-state index contributed by atoms with van der Waals surface area (Å²) in [5.74, 6) is 1.42. The summed E-state index contributed by atoms with van der Waals surface area (Å²) in [5.41, 5.74) is 6.85. The molecule has 4 nitrogen and oxygen atoms in total. The highest BCUT2D eigenvalue weighted by Crippen LogP contribution is 2.29. The largest absolute Gasteiger partial charge is 0.493 e. The van der Waals surface area contributed by atoms with Gasteiger partial charge in [0.25, 0.3) is 0 Å². The van der Waals surface area contributed by atoms with Crippen LogP contribution in [0.1, 0.15) is 32.4 Å². The predicted molar refractivity (Wildman–Crippen MR) is 72.2 cm³/mol. The lowest BCUT2D eigenvalue weighted by atomic mass is 10.1. The van der Waals surface area contributed by atoms with Crippen LogP contribution < -0.4 is 15.2 Å². The van der Waals surface area contributed by atoms with Crippen LogP contribution in [0.3, 0.4) is 0 Å². The van der Waals surface area contributed by atoms with Crippen molar-refractivity contribution in [2.45, 2.75) is 32.9 Å². The van der Waals surface area contributed by atoms with E-state index in [9.17, 15) is 0 Å². The molecule has 0 aliphatic rings. The summed E-state index contributed by atoms with van der Waals surface area (Å²) in [6.07, 6.45) is 0.218. The van der Waals surface area contributed by atoms with E-state index in [2.05, 4.69) is 0 Å². The van der Waals surface area contributed by atoms with Crippen molar-refractivity contribution in [1.29, 1.82) is 0 Å². The Bertz CT molecular complexity index is 364. The first-order chi connectivity index (χ1) is 8.54. The van der Waals surface area contributed by atoms with E-state index in [0.29, 0.717) is 24.7 Å². The van der Waals surface area contributed by atoms with Crippen LogP contribution in [-0.2, 0) is 4.74 Å². The fourth-order valence-electron chi connectivity index (χ4n) is 1.52. The van der Waals surface area contributed by atoms with E-state index < -0.39 is 0 Å². The number of hydrogen-bond donors (Lipinski definition) is 1. The molecule has 0 aliphatic heterocycles. The Balaban J connectivity index is 2.59. The van der Waals surface area contributed by atoms with Gasteiger partial charge in [-0.15, -0.1) is 0 Å². The smallest absolute Gasteiger partial charge is 0.161 e. The lowest BCUT2D eigenvalue weighted by molar-refractivity contribution is 0.0547. The van der Waals surface area contributed by atoms with E-state index in [0.717, 1.165) is 5.56 Å². The molecule has 1 atom stereocenters. The summed E-state index contributed by atoms with van der Waals surface area (Å²) in [4.78, 5) is 0. The second-order valence-electron chi connectivity index (χ2n) is 4.47. The monoisotopic (exact) mass is 253 g/mol. The van der Waals surface area contributed by atoms with Crippen molar-refractivity contribution >= 4 is 0 Å². The molecule has 0 unspecified atom stereocenters. The van der Waals surface area contributed by atoms with Crippen LogP contribution in [0, 0.1) is 0 Å². The topological polar surface area (TPSA) is 53.7 Å². The number of nitrogens with two attached hydrogens (primary N) is 1. The van der Waals surface area contributed by atoms with Crippen molar-refractivity contribution in [1.82, 2.24) is 0 Å². The molecule has 0 aliphatic carbocycles. The van der Waals surface area contributed by atoms with Gasteiger partial charge in [-0.25, -0.2) is 0 Å². The molecule has 2 N–H and O–H groups in total. The minimum Gasteiger partial charge on any atom is -0.493 e. The quantitative estimate of drug-likeness (QED) is 0.759. The van der Waals surface area contributed by atoms with Gasteiger partial charge in [0, 0.05) is 6.04 Å². The minimum absolute atomic E-state index is 0.0165. The lowest BCUT2D eigenvalue weighted by Crippen LogP contribution is -2.12. The van der Waals surface area contributed by atoms with E-state index in [4.69, 9.17) is 19.9 Å². The predicted octanol–water partition coefficient (Wildman–Crippen LogP) is 2.52. The zero-order chi connectivity index (χ0) is 13.5. The maximum Gasteiger partial charge on any atom is 0.161 e. The molecule has 0 radical (unpaired) electrons. The zero-order valence-electron chi connectivity index (χ0n) is 11.6. The molecule has 0 aromatic heterocycles. The fraction of sp³-hybridized carbons (Fsp3) is 0.571. The minimum atomic E-state index is -0.0165. The Kier molecular flexibility index (Phi) is 5.95. The molecule has 0 amide bonds. The summed E-state index contributed by atoms with van der Waals surface area (Å²) in [7, 11) is 1.62. The lowest BCUT2D eigenvalue weighted by Gasteiger charge is -2.14. The number of benzene rings is 1. The molecule has 102 valence electrons. The highest BCUT2D eigenvalue weighted by molar-refractivity contribution is 5.43. The molecule has 1 aromatic rings. The molecule has 0 spiro atoms. The Labute approximate surface area is 109 Å². The Hall–Kier alpha value is -1.26. The van der Waals surface area contributed by atoms with E-state index in [1.54, 1.807) is 7.11 Å². The molecular formula is C14H23NO3. The first kappa shape index (κ1) is 14.8. The van der Waals surface area contributed by atoms with E-state index in [-0.39, 0.29) is 12.1 Å². The van der Waals surface area contributed by atoms with Gasteiger partial charge in [-0.05, 0) is 38.5 Å². The SMILES string of the molecule is COc1cc([C@@H](C)N)ccc1OCCOC(C)C. The molecule has 0 heterocycles. The van der Waals surface area contributed by atoms with Crippen LogP contribution in [0.15, 0.2) is 18.2 Å². The van der Waals surface area contributed by atoms with E-state index in [1.807, 2.05) is 39.0 Å². The average molecular weight is 253 g/mol. The third-order valence-electron chi connectivity index (χ3n) is 2.51. The van der Waals surface area contributed by atoms with Gasteiger partial charge >= 0.3 is 0 Å². The maximum absolute atomic E-state index is 5.83. The normalized spacial score (nSPS) is 12.6. The van der Waals surface area contributed by atoms with Gasteiger partial charge in [-0.2, -0.15) is 0 Å². The van der Waals surface area contributed by atoms with Crippen LogP contribution in [0.5, 0.6) is 11.5 Å². The zero-order valence-corrected chi connectivity index (χ0v) is 11.6. The Morgan fingerprint density at radius 1 is 1.11 bits per heavy atom. The van der Waals surface area contributed by atoms with E-state index >= 15 is 0 Å². The third-order valence-corrected chi connectivity index (χ3v) is 2.51. The average Bonchev–Trinajstić information content (AvgIpc) is 2.34. The Morgan fingerprint density at radius 3 is 2.39 bits per heavy atom. The van der Waals surface area contributed by atoms with Gasteiger partial charge in [0.1, 0.15) is 6.61 Å². The molecule has 0 bridgehead atoms. The molecule has 4 heteroatoms. The van der Waals surface area contributed by atoms with Gasteiger partial charge in [0.15, 0.2) is 11.5 Å². The van der Waals surface area contributed by atoms with Crippen LogP contribution in [0.4, 0.5) is 0 Å². The van der Waals surface area contributed by atoms with Gasteiger partial charge < -0.3 is 19.9 Å². The van der Waals surface area contributed by atoms with E-state index in [1.165, 1.54) is 0 Å². The van der Waals surface area contributed by atoms with Crippen molar-refractivity contribution in [3.05, 3.63) is 23.8 Å². The summed E-state index contributed by atoms with van der Waals surface area (Å²) in [5, 5.41) is 0.